The van der Waals surface area contributed by atoms with Crippen LogP contribution in [-0.2, 0) is 6.42 Å². The van der Waals surface area contributed by atoms with E-state index < -0.39 is 0 Å². The van der Waals surface area contributed by atoms with Crippen molar-refractivity contribution in [2.45, 2.75) is 6.42 Å². The molecule has 2 aromatic rings. The lowest BCUT2D eigenvalue weighted by Crippen LogP contribution is -2.03. The van der Waals surface area contributed by atoms with E-state index >= 15 is 0 Å². The number of para-hydroxylation sites is 1. The highest BCUT2D eigenvalue weighted by Crippen LogP contribution is 2.24. The molecule has 0 fully saturated rings. The summed E-state index contributed by atoms with van der Waals surface area (Å²) in [6, 6.07) is 7.01. The van der Waals surface area contributed by atoms with Gasteiger partial charge >= 0.3 is 0 Å². The minimum atomic E-state index is 0.189. The van der Waals surface area contributed by atoms with Crippen molar-refractivity contribution in [1.82, 2.24) is 9.97 Å². The number of aromatic hydroxyl groups is 1. The smallest absolute Gasteiger partial charge is 0.162 e. The Labute approximate surface area is 93.8 Å². The summed E-state index contributed by atoms with van der Waals surface area (Å²) in [5.41, 5.74) is 7.08. The van der Waals surface area contributed by atoms with E-state index in [4.69, 9.17) is 5.73 Å². The van der Waals surface area contributed by atoms with E-state index in [1.165, 1.54) is 0 Å². The van der Waals surface area contributed by atoms with Crippen LogP contribution in [0.3, 0.4) is 0 Å². The third kappa shape index (κ3) is 2.17. The number of hydrogen-bond acceptors (Lipinski definition) is 4. The van der Waals surface area contributed by atoms with Crippen molar-refractivity contribution in [3.05, 3.63) is 42.2 Å². The largest absolute Gasteiger partial charge is 0.507 e. The molecule has 0 bridgehead atoms. The van der Waals surface area contributed by atoms with Gasteiger partial charge in [0.2, 0.25) is 0 Å². The molecule has 0 saturated carbocycles. The van der Waals surface area contributed by atoms with Crippen molar-refractivity contribution < 1.29 is 5.11 Å². The maximum Gasteiger partial charge on any atom is 0.162 e. The van der Waals surface area contributed by atoms with Gasteiger partial charge in [0.25, 0.3) is 0 Å². The lowest BCUT2D eigenvalue weighted by Gasteiger charge is -2.03. The molecule has 0 saturated heterocycles. The van der Waals surface area contributed by atoms with Gasteiger partial charge in [0.05, 0.1) is 5.56 Å². The van der Waals surface area contributed by atoms with Gasteiger partial charge < -0.3 is 10.8 Å². The molecule has 0 radical (unpaired) electrons. The Morgan fingerprint density at radius 3 is 2.44 bits per heavy atom. The molecule has 4 nitrogen and oxygen atoms in total. The Hall–Kier alpha value is -1.94. The van der Waals surface area contributed by atoms with Crippen LogP contribution in [0.4, 0.5) is 0 Å². The van der Waals surface area contributed by atoms with Gasteiger partial charge in [-0.1, -0.05) is 12.1 Å². The Morgan fingerprint density at radius 1 is 1.12 bits per heavy atom. The van der Waals surface area contributed by atoms with E-state index in [0.717, 1.165) is 12.0 Å². The monoisotopic (exact) mass is 215 g/mol. The van der Waals surface area contributed by atoms with Gasteiger partial charge in [0, 0.05) is 12.4 Å². The van der Waals surface area contributed by atoms with Crippen LogP contribution in [0.1, 0.15) is 5.56 Å². The fraction of sp³-hybridized carbons (Fsp3) is 0.167. The summed E-state index contributed by atoms with van der Waals surface area (Å²) in [5, 5.41) is 9.64. The highest BCUT2D eigenvalue weighted by molar-refractivity contribution is 5.62. The molecule has 1 heterocycles. The molecule has 0 aliphatic carbocycles. The van der Waals surface area contributed by atoms with Gasteiger partial charge in [-0.2, -0.15) is 0 Å². The predicted octanol–water partition coefficient (Wildman–Crippen LogP) is 1.35. The molecule has 0 aliphatic heterocycles. The van der Waals surface area contributed by atoms with E-state index in [2.05, 4.69) is 9.97 Å². The summed E-state index contributed by atoms with van der Waals surface area (Å²) < 4.78 is 0. The van der Waals surface area contributed by atoms with Crippen LogP contribution in [0.25, 0.3) is 11.4 Å². The van der Waals surface area contributed by atoms with Crippen LogP contribution in [0.2, 0.25) is 0 Å². The predicted molar refractivity (Wildman–Crippen MR) is 61.9 cm³/mol. The first-order valence-electron chi connectivity index (χ1n) is 5.10. The van der Waals surface area contributed by atoms with Crippen molar-refractivity contribution in [3.63, 3.8) is 0 Å². The average Bonchev–Trinajstić information content (AvgIpc) is 2.31. The molecule has 0 aliphatic rings. The molecule has 3 N–H and O–H groups in total. The number of nitrogens with zero attached hydrogens (tertiary/aromatic N) is 2. The standard InChI is InChI=1S/C12H13N3O/c13-6-5-9-7-14-12(15-8-9)10-3-1-2-4-11(10)16/h1-4,7-8,16H,5-6,13H2. The third-order valence-electron chi connectivity index (χ3n) is 2.28. The summed E-state index contributed by atoms with van der Waals surface area (Å²) in [7, 11) is 0. The maximum absolute atomic E-state index is 9.64. The second kappa shape index (κ2) is 4.72. The topological polar surface area (TPSA) is 72.0 Å². The number of phenolic OH excluding ortho intramolecular Hbond substituents is 1. The zero-order valence-corrected chi connectivity index (χ0v) is 8.80. The van der Waals surface area contributed by atoms with Gasteiger partial charge in [0.15, 0.2) is 5.82 Å². The summed E-state index contributed by atoms with van der Waals surface area (Å²) in [6.45, 7) is 0.583. The second-order valence-electron chi connectivity index (χ2n) is 3.47. The van der Waals surface area contributed by atoms with Crippen molar-refractivity contribution in [2.75, 3.05) is 6.54 Å². The van der Waals surface area contributed by atoms with Crippen molar-refractivity contribution in [2.24, 2.45) is 5.73 Å². The summed E-state index contributed by atoms with van der Waals surface area (Å²) in [5.74, 6) is 0.716. The Balaban J connectivity index is 2.31. The SMILES string of the molecule is NCCc1cnc(-c2ccccc2O)nc1. The lowest BCUT2D eigenvalue weighted by atomic mass is 10.2. The van der Waals surface area contributed by atoms with E-state index in [9.17, 15) is 5.11 Å². The van der Waals surface area contributed by atoms with E-state index in [1.54, 1.807) is 30.6 Å². The van der Waals surface area contributed by atoms with Crippen LogP contribution >= 0.6 is 0 Å². The minimum absolute atomic E-state index is 0.189. The molecule has 82 valence electrons. The first-order chi connectivity index (χ1) is 7.81. The minimum Gasteiger partial charge on any atom is -0.507 e. The summed E-state index contributed by atoms with van der Waals surface area (Å²) in [6.07, 6.45) is 4.24. The zero-order chi connectivity index (χ0) is 11.4. The fourth-order valence-electron chi connectivity index (χ4n) is 1.45. The van der Waals surface area contributed by atoms with E-state index in [-0.39, 0.29) is 5.75 Å². The lowest BCUT2D eigenvalue weighted by molar-refractivity contribution is 0.477. The molecule has 0 unspecified atom stereocenters. The normalized spacial score (nSPS) is 10.3. The van der Waals surface area contributed by atoms with Crippen LogP contribution in [0.5, 0.6) is 5.75 Å². The quantitative estimate of drug-likeness (QED) is 0.810. The molecule has 2 rings (SSSR count). The Bertz CT molecular complexity index is 468. The second-order valence-corrected chi connectivity index (χ2v) is 3.47. The number of phenols is 1. The number of aromatic nitrogens is 2. The molecule has 1 aromatic heterocycles. The zero-order valence-electron chi connectivity index (χ0n) is 8.80. The molecule has 1 aromatic carbocycles. The first-order valence-corrected chi connectivity index (χ1v) is 5.10. The molecular weight excluding hydrogens is 202 g/mol. The summed E-state index contributed by atoms with van der Waals surface area (Å²) in [4.78, 5) is 8.40. The Morgan fingerprint density at radius 2 is 1.81 bits per heavy atom. The number of benzene rings is 1. The number of nitrogens with two attached hydrogens (primary N) is 1. The molecule has 0 atom stereocenters. The first kappa shape index (κ1) is 10.6. The molecule has 4 heteroatoms. The Kier molecular flexibility index (Phi) is 3.12. The van der Waals surface area contributed by atoms with Crippen molar-refractivity contribution in [3.8, 4) is 17.1 Å². The summed E-state index contributed by atoms with van der Waals surface area (Å²) >= 11 is 0. The molecule has 0 spiro atoms. The van der Waals surface area contributed by atoms with E-state index in [1.807, 2.05) is 6.07 Å². The van der Waals surface area contributed by atoms with Crippen LogP contribution in [0.15, 0.2) is 36.7 Å². The van der Waals surface area contributed by atoms with Gasteiger partial charge in [-0.3, -0.25) is 0 Å². The van der Waals surface area contributed by atoms with Gasteiger partial charge in [-0.15, -0.1) is 0 Å². The van der Waals surface area contributed by atoms with E-state index in [0.29, 0.717) is 17.9 Å². The van der Waals surface area contributed by atoms with Crippen LogP contribution in [-0.4, -0.2) is 21.6 Å². The van der Waals surface area contributed by atoms with Crippen molar-refractivity contribution >= 4 is 0 Å². The average molecular weight is 215 g/mol. The van der Waals surface area contributed by atoms with Gasteiger partial charge in [-0.05, 0) is 30.7 Å². The number of rotatable bonds is 3. The van der Waals surface area contributed by atoms with Gasteiger partial charge in [-0.25, -0.2) is 9.97 Å². The maximum atomic E-state index is 9.64. The highest BCUT2D eigenvalue weighted by atomic mass is 16.3. The van der Waals surface area contributed by atoms with Crippen molar-refractivity contribution in [1.29, 1.82) is 0 Å². The number of hydrogen-bond donors (Lipinski definition) is 2. The molecule has 16 heavy (non-hydrogen) atoms. The highest BCUT2D eigenvalue weighted by Gasteiger charge is 2.05. The van der Waals surface area contributed by atoms with Gasteiger partial charge in [0.1, 0.15) is 5.75 Å². The molecular formula is C12H13N3O. The fourth-order valence-corrected chi connectivity index (χ4v) is 1.45. The van der Waals surface area contributed by atoms with Crippen LogP contribution < -0.4 is 5.73 Å². The molecule has 0 amide bonds. The van der Waals surface area contributed by atoms with Crippen LogP contribution in [0, 0.1) is 0 Å². The third-order valence-corrected chi connectivity index (χ3v) is 2.28.